The predicted molar refractivity (Wildman–Crippen MR) is 66.8 cm³/mol. The van der Waals surface area contributed by atoms with Crippen LogP contribution in [0.2, 0.25) is 0 Å². The molecular weight excluding hydrogens is 254 g/mol. The summed E-state index contributed by atoms with van der Waals surface area (Å²) in [5.74, 6) is 0.393. The van der Waals surface area contributed by atoms with Crippen LogP contribution in [0, 0.1) is 0 Å². The summed E-state index contributed by atoms with van der Waals surface area (Å²) in [6.07, 6.45) is 2.98. The third-order valence-electron chi connectivity index (χ3n) is 2.98. The van der Waals surface area contributed by atoms with Crippen LogP contribution in [-0.4, -0.2) is 43.9 Å². The number of nitrogens with zero attached hydrogens (tertiary/aromatic N) is 2. The van der Waals surface area contributed by atoms with Crippen LogP contribution in [0.25, 0.3) is 0 Å². The highest BCUT2D eigenvalue weighted by Crippen LogP contribution is 2.20. The molecular formula is C11H17N3O3S. The van der Waals surface area contributed by atoms with E-state index in [1.54, 1.807) is 0 Å². The second-order valence-electron chi connectivity index (χ2n) is 4.30. The lowest BCUT2D eigenvalue weighted by Crippen LogP contribution is -2.45. The molecule has 1 aliphatic heterocycles. The molecule has 2 rings (SSSR count). The van der Waals surface area contributed by atoms with Crippen LogP contribution in [0.1, 0.15) is 12.8 Å². The fourth-order valence-corrected chi connectivity index (χ4v) is 3.46. The van der Waals surface area contributed by atoms with Gasteiger partial charge in [-0.1, -0.05) is 0 Å². The molecule has 0 radical (unpaired) electrons. The van der Waals surface area contributed by atoms with Gasteiger partial charge in [0, 0.05) is 25.2 Å². The van der Waals surface area contributed by atoms with Crippen molar-refractivity contribution < 1.29 is 13.2 Å². The first-order chi connectivity index (χ1) is 8.54. The number of sulfonamides is 1. The maximum absolute atomic E-state index is 12.3. The maximum Gasteiger partial charge on any atom is 0.244 e. The van der Waals surface area contributed by atoms with Crippen molar-refractivity contribution in [3.8, 4) is 5.88 Å². The Labute approximate surface area is 107 Å². The highest BCUT2D eigenvalue weighted by atomic mass is 32.2. The number of aromatic nitrogens is 1. The SMILES string of the molecule is COc1ccc(S(=O)(=O)N2CCCC(N)C2)cn1. The van der Waals surface area contributed by atoms with Gasteiger partial charge >= 0.3 is 0 Å². The van der Waals surface area contributed by atoms with Crippen LogP contribution >= 0.6 is 0 Å². The third kappa shape index (κ3) is 2.63. The Bertz CT molecular complexity index is 501. The minimum atomic E-state index is -3.48. The Morgan fingerprint density at radius 3 is 2.83 bits per heavy atom. The third-order valence-corrected chi connectivity index (χ3v) is 4.83. The molecule has 1 unspecified atom stereocenters. The molecule has 1 aliphatic rings. The van der Waals surface area contributed by atoms with E-state index in [1.807, 2.05) is 0 Å². The molecule has 0 spiro atoms. The summed E-state index contributed by atoms with van der Waals surface area (Å²) >= 11 is 0. The van der Waals surface area contributed by atoms with E-state index in [4.69, 9.17) is 10.5 Å². The number of pyridine rings is 1. The summed E-state index contributed by atoms with van der Waals surface area (Å²) < 4.78 is 31.0. The lowest BCUT2D eigenvalue weighted by molar-refractivity contribution is 0.316. The van der Waals surface area contributed by atoms with Crippen molar-refractivity contribution in [1.82, 2.24) is 9.29 Å². The maximum atomic E-state index is 12.3. The van der Waals surface area contributed by atoms with Gasteiger partial charge in [-0.15, -0.1) is 0 Å². The Morgan fingerprint density at radius 1 is 1.50 bits per heavy atom. The summed E-state index contributed by atoms with van der Waals surface area (Å²) in [7, 11) is -2.00. The fraction of sp³-hybridized carbons (Fsp3) is 0.545. The topological polar surface area (TPSA) is 85.5 Å². The molecule has 1 fully saturated rings. The molecule has 0 amide bonds. The van der Waals surface area contributed by atoms with E-state index in [0.717, 1.165) is 12.8 Å². The minimum absolute atomic E-state index is 0.0836. The smallest absolute Gasteiger partial charge is 0.244 e. The van der Waals surface area contributed by atoms with E-state index in [1.165, 1.54) is 29.7 Å². The van der Waals surface area contributed by atoms with Crippen molar-refractivity contribution in [2.45, 2.75) is 23.8 Å². The Hall–Kier alpha value is -1.18. The lowest BCUT2D eigenvalue weighted by Gasteiger charge is -2.29. The molecule has 1 aromatic rings. The van der Waals surface area contributed by atoms with E-state index in [-0.39, 0.29) is 10.9 Å². The van der Waals surface area contributed by atoms with Gasteiger partial charge in [0.25, 0.3) is 0 Å². The van der Waals surface area contributed by atoms with E-state index in [9.17, 15) is 8.42 Å². The second-order valence-corrected chi connectivity index (χ2v) is 6.24. The molecule has 0 bridgehead atoms. The van der Waals surface area contributed by atoms with Gasteiger partial charge in [-0.3, -0.25) is 0 Å². The average Bonchev–Trinajstić information content (AvgIpc) is 2.39. The van der Waals surface area contributed by atoms with Crippen molar-refractivity contribution in [3.05, 3.63) is 18.3 Å². The van der Waals surface area contributed by atoms with Gasteiger partial charge in [0.2, 0.25) is 15.9 Å². The average molecular weight is 271 g/mol. The monoisotopic (exact) mass is 271 g/mol. The van der Waals surface area contributed by atoms with Crippen LogP contribution in [0.15, 0.2) is 23.2 Å². The Kier molecular flexibility index (Phi) is 3.84. The van der Waals surface area contributed by atoms with Gasteiger partial charge in [-0.05, 0) is 18.9 Å². The first-order valence-corrected chi connectivity index (χ1v) is 7.24. The number of hydrogen-bond donors (Lipinski definition) is 1. The quantitative estimate of drug-likeness (QED) is 0.849. The molecule has 0 saturated carbocycles. The molecule has 2 heterocycles. The minimum Gasteiger partial charge on any atom is -0.481 e. The number of ether oxygens (including phenoxy) is 1. The lowest BCUT2D eigenvalue weighted by atomic mass is 10.1. The van der Waals surface area contributed by atoms with Crippen molar-refractivity contribution >= 4 is 10.0 Å². The second kappa shape index (κ2) is 5.21. The molecule has 2 N–H and O–H groups in total. The van der Waals surface area contributed by atoms with Crippen molar-refractivity contribution in [2.75, 3.05) is 20.2 Å². The van der Waals surface area contributed by atoms with Crippen LogP contribution < -0.4 is 10.5 Å². The molecule has 100 valence electrons. The summed E-state index contributed by atoms with van der Waals surface area (Å²) in [5.41, 5.74) is 5.80. The largest absolute Gasteiger partial charge is 0.481 e. The highest BCUT2D eigenvalue weighted by Gasteiger charge is 2.29. The molecule has 1 atom stereocenters. The van der Waals surface area contributed by atoms with Crippen LogP contribution in [0.3, 0.4) is 0 Å². The normalized spacial score (nSPS) is 21.8. The number of nitrogens with two attached hydrogens (primary N) is 1. The predicted octanol–water partition coefficient (Wildman–Crippen LogP) is 0.202. The molecule has 18 heavy (non-hydrogen) atoms. The van der Waals surface area contributed by atoms with Gasteiger partial charge < -0.3 is 10.5 Å². The van der Waals surface area contributed by atoms with Crippen molar-refractivity contribution in [1.29, 1.82) is 0 Å². The van der Waals surface area contributed by atoms with Gasteiger partial charge in [0.05, 0.1) is 13.3 Å². The Balaban J connectivity index is 2.23. The van der Waals surface area contributed by atoms with Crippen LogP contribution in [0.4, 0.5) is 0 Å². The molecule has 1 saturated heterocycles. The van der Waals surface area contributed by atoms with Gasteiger partial charge in [-0.25, -0.2) is 13.4 Å². The van der Waals surface area contributed by atoms with E-state index >= 15 is 0 Å². The summed E-state index contributed by atoms with van der Waals surface area (Å²) in [6, 6.07) is 2.96. The van der Waals surface area contributed by atoms with Crippen molar-refractivity contribution in [2.24, 2.45) is 5.73 Å². The van der Waals surface area contributed by atoms with Crippen molar-refractivity contribution in [3.63, 3.8) is 0 Å². The number of hydrogen-bond acceptors (Lipinski definition) is 5. The van der Waals surface area contributed by atoms with Gasteiger partial charge in [0.15, 0.2) is 0 Å². The zero-order chi connectivity index (χ0) is 13.2. The zero-order valence-corrected chi connectivity index (χ0v) is 11.1. The number of rotatable bonds is 3. The van der Waals surface area contributed by atoms with Crippen LogP contribution in [0.5, 0.6) is 5.88 Å². The molecule has 0 aromatic carbocycles. The van der Waals surface area contributed by atoms with Crippen LogP contribution in [-0.2, 0) is 10.0 Å². The highest BCUT2D eigenvalue weighted by molar-refractivity contribution is 7.89. The molecule has 6 nitrogen and oxygen atoms in total. The van der Waals surface area contributed by atoms with E-state index < -0.39 is 10.0 Å². The Morgan fingerprint density at radius 2 is 2.28 bits per heavy atom. The molecule has 1 aromatic heterocycles. The summed E-state index contributed by atoms with van der Waals surface area (Å²) in [5, 5.41) is 0. The number of piperidine rings is 1. The first-order valence-electron chi connectivity index (χ1n) is 5.80. The van der Waals surface area contributed by atoms with Gasteiger partial charge in [-0.2, -0.15) is 4.31 Å². The van der Waals surface area contributed by atoms with E-state index in [0.29, 0.717) is 19.0 Å². The van der Waals surface area contributed by atoms with Gasteiger partial charge in [0.1, 0.15) is 4.90 Å². The van der Waals surface area contributed by atoms with E-state index in [2.05, 4.69) is 4.98 Å². The standard InChI is InChI=1S/C11H17N3O3S/c1-17-11-5-4-10(7-13-11)18(15,16)14-6-2-3-9(12)8-14/h4-5,7,9H,2-3,6,8,12H2,1H3. The first kappa shape index (κ1) is 13.3. The summed E-state index contributed by atoms with van der Waals surface area (Å²) in [4.78, 5) is 4.10. The number of methoxy groups -OCH3 is 1. The molecule has 0 aliphatic carbocycles. The summed E-state index contributed by atoms with van der Waals surface area (Å²) in [6.45, 7) is 0.885. The molecule has 7 heteroatoms. The fourth-order valence-electron chi connectivity index (χ4n) is 1.98. The zero-order valence-electron chi connectivity index (χ0n) is 10.2.